The number of anilines is 1. The maximum Gasteiger partial charge on any atom is 0.271 e. The maximum atomic E-state index is 12.1. The summed E-state index contributed by atoms with van der Waals surface area (Å²) in [6, 6.07) is 12.8. The first-order valence-corrected chi connectivity index (χ1v) is 8.36. The molecule has 2 amide bonds. The van der Waals surface area contributed by atoms with Gasteiger partial charge in [0.2, 0.25) is 5.91 Å². The SMILES string of the molecule is CCc1ccccc1NC(=O)C/C(C)=N\NC(=O)c1cccc([N+](=O)[O-])c1. The number of hydrogen-bond acceptors (Lipinski definition) is 5. The predicted molar refractivity (Wildman–Crippen MR) is 103 cm³/mol. The zero-order valence-electron chi connectivity index (χ0n) is 15.1. The van der Waals surface area contributed by atoms with Crippen molar-refractivity contribution in [2.75, 3.05) is 5.32 Å². The van der Waals surface area contributed by atoms with Crippen LogP contribution in [0.15, 0.2) is 53.6 Å². The highest BCUT2D eigenvalue weighted by molar-refractivity contribution is 6.06. The molecule has 0 radical (unpaired) electrons. The summed E-state index contributed by atoms with van der Waals surface area (Å²) in [6.07, 6.45) is 0.802. The number of hydrazone groups is 1. The fraction of sp³-hybridized carbons (Fsp3) is 0.211. The lowest BCUT2D eigenvalue weighted by Crippen LogP contribution is -2.21. The Morgan fingerprint density at radius 2 is 1.89 bits per heavy atom. The van der Waals surface area contributed by atoms with Gasteiger partial charge in [0.15, 0.2) is 0 Å². The molecule has 0 saturated carbocycles. The zero-order chi connectivity index (χ0) is 19.8. The van der Waals surface area contributed by atoms with Crippen LogP contribution in [-0.2, 0) is 11.2 Å². The van der Waals surface area contributed by atoms with Crippen LogP contribution in [0.5, 0.6) is 0 Å². The molecule has 0 aliphatic heterocycles. The third kappa shape index (κ3) is 5.74. The number of nitrogens with one attached hydrogen (secondary N) is 2. The van der Waals surface area contributed by atoms with E-state index >= 15 is 0 Å². The molecule has 0 heterocycles. The first-order valence-electron chi connectivity index (χ1n) is 8.36. The van der Waals surface area contributed by atoms with E-state index in [0.29, 0.717) is 5.71 Å². The highest BCUT2D eigenvalue weighted by atomic mass is 16.6. The van der Waals surface area contributed by atoms with Crippen molar-refractivity contribution in [3.05, 3.63) is 69.8 Å². The quantitative estimate of drug-likeness (QED) is 0.443. The molecule has 2 N–H and O–H groups in total. The standard InChI is InChI=1S/C19H20N4O4/c1-3-14-7-4-5-10-17(14)20-18(24)11-13(2)21-22-19(25)15-8-6-9-16(12-15)23(26)27/h4-10,12H,3,11H2,1-2H3,(H,20,24)(H,22,25)/b21-13-. The van der Waals surface area contributed by atoms with E-state index in [-0.39, 0.29) is 23.6 Å². The highest BCUT2D eigenvalue weighted by Crippen LogP contribution is 2.16. The molecule has 0 fully saturated rings. The van der Waals surface area contributed by atoms with E-state index in [1.807, 2.05) is 31.2 Å². The summed E-state index contributed by atoms with van der Waals surface area (Å²) in [5.74, 6) is -0.837. The second-order valence-electron chi connectivity index (χ2n) is 5.83. The van der Waals surface area contributed by atoms with E-state index in [1.165, 1.54) is 18.2 Å². The number of nitro groups is 1. The second kappa shape index (κ2) is 9.23. The monoisotopic (exact) mass is 368 g/mol. The van der Waals surface area contributed by atoms with Gasteiger partial charge in [0.05, 0.1) is 11.3 Å². The van der Waals surface area contributed by atoms with Crippen molar-refractivity contribution in [2.45, 2.75) is 26.7 Å². The molecule has 0 bridgehead atoms. The summed E-state index contributed by atoms with van der Waals surface area (Å²) >= 11 is 0. The van der Waals surface area contributed by atoms with Crippen molar-refractivity contribution >= 4 is 28.9 Å². The van der Waals surface area contributed by atoms with Crippen LogP contribution in [0.3, 0.4) is 0 Å². The van der Waals surface area contributed by atoms with E-state index in [4.69, 9.17) is 0 Å². The van der Waals surface area contributed by atoms with Crippen LogP contribution in [0.2, 0.25) is 0 Å². The molecule has 8 nitrogen and oxygen atoms in total. The molecule has 0 aromatic heterocycles. The number of carbonyl (C=O) groups is 2. The lowest BCUT2D eigenvalue weighted by atomic mass is 10.1. The van der Waals surface area contributed by atoms with Crippen LogP contribution >= 0.6 is 0 Å². The number of nitro benzene ring substituents is 1. The lowest BCUT2D eigenvalue weighted by Gasteiger charge is -2.09. The molecule has 0 unspecified atom stereocenters. The third-order valence-corrected chi connectivity index (χ3v) is 3.76. The van der Waals surface area contributed by atoms with Gasteiger partial charge in [-0.25, -0.2) is 5.43 Å². The van der Waals surface area contributed by atoms with Gasteiger partial charge in [0, 0.05) is 29.1 Å². The minimum absolute atomic E-state index is 0.00721. The Labute approximate surface area is 156 Å². The second-order valence-corrected chi connectivity index (χ2v) is 5.83. The Kier molecular flexibility index (Phi) is 6.76. The van der Waals surface area contributed by atoms with Crippen LogP contribution < -0.4 is 10.7 Å². The average Bonchev–Trinajstić information content (AvgIpc) is 2.66. The number of rotatable bonds is 7. The Morgan fingerprint density at radius 1 is 1.15 bits per heavy atom. The lowest BCUT2D eigenvalue weighted by molar-refractivity contribution is -0.384. The number of hydrogen-bond donors (Lipinski definition) is 2. The van der Waals surface area contributed by atoms with Gasteiger partial charge in [0.25, 0.3) is 11.6 Å². The molecule has 0 spiro atoms. The largest absolute Gasteiger partial charge is 0.326 e. The first kappa shape index (κ1) is 19.8. The topological polar surface area (TPSA) is 114 Å². The normalized spacial score (nSPS) is 11.0. The van der Waals surface area contributed by atoms with Crippen molar-refractivity contribution in [3.63, 3.8) is 0 Å². The van der Waals surface area contributed by atoms with E-state index in [9.17, 15) is 19.7 Å². The molecule has 2 aromatic carbocycles. The van der Waals surface area contributed by atoms with Gasteiger partial charge in [-0.3, -0.25) is 19.7 Å². The van der Waals surface area contributed by atoms with Gasteiger partial charge in [-0.15, -0.1) is 0 Å². The summed E-state index contributed by atoms with van der Waals surface area (Å²) in [5, 5.41) is 17.5. The van der Waals surface area contributed by atoms with Crippen molar-refractivity contribution in [3.8, 4) is 0 Å². The van der Waals surface area contributed by atoms with E-state index < -0.39 is 10.8 Å². The Balaban J connectivity index is 1.95. The highest BCUT2D eigenvalue weighted by Gasteiger charge is 2.12. The Morgan fingerprint density at radius 3 is 2.59 bits per heavy atom. The average molecular weight is 368 g/mol. The molecule has 2 rings (SSSR count). The van der Waals surface area contributed by atoms with Crippen LogP contribution in [0.25, 0.3) is 0 Å². The van der Waals surface area contributed by atoms with Crippen molar-refractivity contribution in [1.82, 2.24) is 5.43 Å². The fourth-order valence-electron chi connectivity index (χ4n) is 2.39. The number of benzene rings is 2. The molecule has 140 valence electrons. The van der Waals surface area contributed by atoms with Crippen LogP contribution in [-0.4, -0.2) is 22.4 Å². The maximum absolute atomic E-state index is 12.1. The van der Waals surface area contributed by atoms with Gasteiger partial charge in [0.1, 0.15) is 0 Å². The smallest absolute Gasteiger partial charge is 0.271 e. The molecule has 2 aromatic rings. The number of para-hydroxylation sites is 1. The number of amides is 2. The number of non-ortho nitro benzene ring substituents is 1. The number of carbonyl (C=O) groups excluding carboxylic acids is 2. The van der Waals surface area contributed by atoms with Crippen molar-refractivity contribution in [2.24, 2.45) is 5.10 Å². The molecule has 0 saturated heterocycles. The van der Waals surface area contributed by atoms with Gasteiger partial charge in [-0.2, -0.15) is 5.10 Å². The van der Waals surface area contributed by atoms with Gasteiger partial charge >= 0.3 is 0 Å². The van der Waals surface area contributed by atoms with Crippen molar-refractivity contribution < 1.29 is 14.5 Å². The molecular weight excluding hydrogens is 348 g/mol. The molecule has 8 heteroatoms. The molecule has 0 atom stereocenters. The van der Waals surface area contributed by atoms with E-state index in [0.717, 1.165) is 23.7 Å². The van der Waals surface area contributed by atoms with Gasteiger partial charge in [-0.1, -0.05) is 31.2 Å². The van der Waals surface area contributed by atoms with Gasteiger partial charge < -0.3 is 5.32 Å². The van der Waals surface area contributed by atoms with Crippen LogP contribution in [0, 0.1) is 10.1 Å². The summed E-state index contributed by atoms with van der Waals surface area (Å²) < 4.78 is 0. The first-order chi connectivity index (χ1) is 12.9. The molecule has 0 aliphatic rings. The Hall–Kier alpha value is -3.55. The minimum atomic E-state index is -0.588. The van der Waals surface area contributed by atoms with Gasteiger partial charge in [-0.05, 0) is 31.0 Å². The third-order valence-electron chi connectivity index (χ3n) is 3.76. The summed E-state index contributed by atoms with van der Waals surface area (Å²) in [4.78, 5) is 34.4. The molecule has 0 aliphatic carbocycles. The fourth-order valence-corrected chi connectivity index (χ4v) is 2.39. The predicted octanol–water partition coefficient (Wildman–Crippen LogP) is 3.29. The molecular formula is C19H20N4O4. The summed E-state index contributed by atoms with van der Waals surface area (Å²) in [7, 11) is 0. The number of aryl methyl sites for hydroxylation is 1. The van der Waals surface area contributed by atoms with Crippen LogP contribution in [0.4, 0.5) is 11.4 Å². The van der Waals surface area contributed by atoms with E-state index in [2.05, 4.69) is 15.8 Å². The minimum Gasteiger partial charge on any atom is -0.326 e. The van der Waals surface area contributed by atoms with Crippen LogP contribution in [0.1, 0.15) is 36.2 Å². The number of nitrogens with zero attached hydrogens (tertiary/aromatic N) is 2. The van der Waals surface area contributed by atoms with E-state index in [1.54, 1.807) is 6.92 Å². The molecule has 27 heavy (non-hydrogen) atoms. The zero-order valence-corrected chi connectivity index (χ0v) is 15.1. The van der Waals surface area contributed by atoms with Crippen molar-refractivity contribution in [1.29, 1.82) is 0 Å². The summed E-state index contributed by atoms with van der Waals surface area (Å²) in [5.41, 5.74) is 4.41. The summed E-state index contributed by atoms with van der Waals surface area (Å²) in [6.45, 7) is 3.61. The Bertz CT molecular complexity index is 893.